The van der Waals surface area contributed by atoms with Gasteiger partial charge in [0.05, 0.1) is 6.61 Å². The van der Waals surface area contributed by atoms with Crippen LogP contribution in [0.25, 0.3) is 0 Å². The first-order chi connectivity index (χ1) is 7.73. The molecule has 1 fully saturated rings. The zero-order chi connectivity index (χ0) is 11.6. The van der Waals surface area contributed by atoms with Crippen molar-refractivity contribution in [2.75, 3.05) is 6.61 Å². The lowest BCUT2D eigenvalue weighted by Crippen LogP contribution is -2.21. The van der Waals surface area contributed by atoms with Crippen molar-refractivity contribution in [1.29, 1.82) is 0 Å². The summed E-state index contributed by atoms with van der Waals surface area (Å²) in [7, 11) is 0. The van der Waals surface area contributed by atoms with E-state index in [-0.39, 0.29) is 5.60 Å². The van der Waals surface area contributed by atoms with Crippen LogP contribution in [-0.2, 0) is 10.3 Å². The fourth-order valence-electron chi connectivity index (χ4n) is 2.58. The second-order valence-corrected chi connectivity index (χ2v) is 5.02. The molecule has 1 heterocycles. The number of benzene rings is 1. The molecule has 16 heavy (non-hydrogen) atoms. The molecule has 1 aromatic carbocycles. The van der Waals surface area contributed by atoms with Crippen LogP contribution in [0.2, 0.25) is 5.02 Å². The topological polar surface area (TPSA) is 12.5 Å². The highest BCUT2D eigenvalue weighted by Gasteiger charge is 2.51. The Morgan fingerprint density at radius 1 is 1.44 bits per heavy atom. The molecule has 1 aromatic rings. The van der Waals surface area contributed by atoms with Gasteiger partial charge in [-0.2, -0.15) is 0 Å². The van der Waals surface area contributed by atoms with Crippen LogP contribution < -0.4 is 0 Å². The Morgan fingerprint density at radius 2 is 2.19 bits per heavy atom. The Balaban J connectivity index is 2.24. The molecule has 2 heteroatoms. The molecule has 0 saturated carbocycles. The zero-order valence-electron chi connectivity index (χ0n) is 10.0. The van der Waals surface area contributed by atoms with Gasteiger partial charge in [-0.1, -0.05) is 50.4 Å². The Hall–Kier alpha value is -0.530. The van der Waals surface area contributed by atoms with Gasteiger partial charge in [0.2, 0.25) is 0 Å². The van der Waals surface area contributed by atoms with Gasteiger partial charge in [0.15, 0.2) is 0 Å². The fraction of sp³-hybridized carbons (Fsp3) is 0.571. The van der Waals surface area contributed by atoms with E-state index >= 15 is 0 Å². The predicted octanol–water partition coefficient (Wildman–Crippen LogP) is 4.39. The van der Waals surface area contributed by atoms with Gasteiger partial charge >= 0.3 is 0 Å². The number of hydrogen-bond acceptors (Lipinski definition) is 1. The molecular weight excluding hydrogens is 220 g/mol. The second-order valence-electron chi connectivity index (χ2n) is 4.58. The lowest BCUT2D eigenvalue weighted by molar-refractivity contribution is 0.201. The standard InChI is InChI=1S/C14H19ClO/c1-3-6-11(4-2)14(10-16-14)12-7-5-8-13(15)9-12/h5,7-9,11H,3-4,6,10H2,1-2H3. The maximum Gasteiger partial charge on any atom is 0.119 e. The van der Waals surface area contributed by atoms with Crippen LogP contribution in [0.4, 0.5) is 0 Å². The summed E-state index contributed by atoms with van der Waals surface area (Å²) in [6.07, 6.45) is 3.60. The summed E-state index contributed by atoms with van der Waals surface area (Å²) < 4.78 is 5.78. The van der Waals surface area contributed by atoms with E-state index < -0.39 is 0 Å². The molecule has 2 atom stereocenters. The van der Waals surface area contributed by atoms with E-state index in [1.165, 1.54) is 24.8 Å². The van der Waals surface area contributed by atoms with Crippen molar-refractivity contribution in [2.45, 2.75) is 38.7 Å². The van der Waals surface area contributed by atoms with Gasteiger partial charge < -0.3 is 4.74 Å². The Morgan fingerprint density at radius 3 is 2.69 bits per heavy atom. The van der Waals surface area contributed by atoms with Crippen LogP contribution in [0.1, 0.15) is 38.7 Å². The first-order valence-corrected chi connectivity index (χ1v) is 6.50. The number of epoxide rings is 1. The van der Waals surface area contributed by atoms with E-state index in [9.17, 15) is 0 Å². The first-order valence-electron chi connectivity index (χ1n) is 6.13. The molecule has 0 radical (unpaired) electrons. The molecule has 0 aliphatic carbocycles. The van der Waals surface area contributed by atoms with Gasteiger partial charge in [-0.15, -0.1) is 0 Å². The Bertz CT molecular complexity index is 358. The Kier molecular flexibility index (Phi) is 3.56. The highest BCUT2D eigenvalue weighted by atomic mass is 35.5. The van der Waals surface area contributed by atoms with Gasteiger partial charge in [-0.25, -0.2) is 0 Å². The molecule has 0 amide bonds. The molecule has 88 valence electrons. The van der Waals surface area contributed by atoms with Gasteiger partial charge in [-0.05, 0) is 30.0 Å². The summed E-state index contributed by atoms with van der Waals surface area (Å²) in [4.78, 5) is 0. The second kappa shape index (κ2) is 4.77. The van der Waals surface area contributed by atoms with Crippen LogP contribution >= 0.6 is 11.6 Å². The summed E-state index contributed by atoms with van der Waals surface area (Å²) in [5.74, 6) is 0.621. The first kappa shape index (κ1) is 11.9. The molecule has 0 N–H and O–H groups in total. The predicted molar refractivity (Wildman–Crippen MR) is 67.8 cm³/mol. The summed E-state index contributed by atoms with van der Waals surface area (Å²) in [6.45, 7) is 5.33. The molecule has 2 unspecified atom stereocenters. The van der Waals surface area contributed by atoms with Crippen molar-refractivity contribution in [3.63, 3.8) is 0 Å². The molecule has 0 bridgehead atoms. The molecule has 0 spiro atoms. The van der Waals surface area contributed by atoms with E-state index in [1.807, 2.05) is 18.2 Å². The van der Waals surface area contributed by atoms with Crippen LogP contribution in [-0.4, -0.2) is 6.61 Å². The number of hydrogen-bond donors (Lipinski definition) is 0. The van der Waals surface area contributed by atoms with Crippen molar-refractivity contribution in [3.05, 3.63) is 34.9 Å². The third kappa shape index (κ3) is 2.11. The normalized spacial score (nSPS) is 25.4. The number of ether oxygens (including phenoxy) is 1. The lowest BCUT2D eigenvalue weighted by atomic mass is 9.82. The quantitative estimate of drug-likeness (QED) is 0.693. The van der Waals surface area contributed by atoms with Crippen LogP contribution in [0.5, 0.6) is 0 Å². The average molecular weight is 239 g/mol. The SMILES string of the molecule is CCCC(CC)C1(c2cccc(Cl)c2)CO1. The van der Waals surface area contributed by atoms with E-state index in [2.05, 4.69) is 19.9 Å². The monoisotopic (exact) mass is 238 g/mol. The number of halogens is 1. The fourth-order valence-corrected chi connectivity index (χ4v) is 2.77. The summed E-state index contributed by atoms with van der Waals surface area (Å²) in [6, 6.07) is 8.12. The summed E-state index contributed by atoms with van der Waals surface area (Å²) >= 11 is 6.05. The largest absolute Gasteiger partial charge is 0.364 e. The lowest BCUT2D eigenvalue weighted by Gasteiger charge is -2.23. The molecule has 2 rings (SSSR count). The average Bonchev–Trinajstić information content (AvgIpc) is 3.07. The van der Waals surface area contributed by atoms with Crippen molar-refractivity contribution in [3.8, 4) is 0 Å². The van der Waals surface area contributed by atoms with Crippen LogP contribution in [0, 0.1) is 5.92 Å². The maximum atomic E-state index is 6.05. The van der Waals surface area contributed by atoms with E-state index in [1.54, 1.807) is 0 Å². The highest BCUT2D eigenvalue weighted by Crippen LogP contribution is 2.49. The summed E-state index contributed by atoms with van der Waals surface area (Å²) in [5.41, 5.74) is 1.22. The van der Waals surface area contributed by atoms with Crippen LogP contribution in [0.3, 0.4) is 0 Å². The van der Waals surface area contributed by atoms with Gasteiger partial charge in [0.1, 0.15) is 5.60 Å². The zero-order valence-corrected chi connectivity index (χ0v) is 10.8. The molecular formula is C14H19ClO. The molecule has 1 aliphatic rings. The van der Waals surface area contributed by atoms with Crippen molar-refractivity contribution in [1.82, 2.24) is 0 Å². The molecule has 1 saturated heterocycles. The minimum Gasteiger partial charge on any atom is -0.364 e. The Labute approximate surface area is 103 Å². The third-order valence-corrected chi connectivity index (χ3v) is 3.79. The van der Waals surface area contributed by atoms with E-state index in [0.29, 0.717) is 5.92 Å². The minimum atomic E-state index is -0.0321. The van der Waals surface area contributed by atoms with E-state index in [0.717, 1.165) is 11.6 Å². The molecule has 1 aliphatic heterocycles. The summed E-state index contributed by atoms with van der Waals surface area (Å²) in [5, 5.41) is 0.804. The van der Waals surface area contributed by atoms with Gasteiger partial charge in [0.25, 0.3) is 0 Å². The maximum absolute atomic E-state index is 6.05. The molecule has 1 nitrogen and oxygen atoms in total. The van der Waals surface area contributed by atoms with E-state index in [4.69, 9.17) is 16.3 Å². The van der Waals surface area contributed by atoms with Crippen LogP contribution in [0.15, 0.2) is 24.3 Å². The number of rotatable bonds is 5. The van der Waals surface area contributed by atoms with Crippen molar-refractivity contribution in [2.24, 2.45) is 5.92 Å². The highest BCUT2D eigenvalue weighted by molar-refractivity contribution is 6.30. The smallest absolute Gasteiger partial charge is 0.119 e. The molecule has 0 aromatic heterocycles. The van der Waals surface area contributed by atoms with Crippen molar-refractivity contribution < 1.29 is 4.74 Å². The minimum absolute atomic E-state index is 0.0321. The van der Waals surface area contributed by atoms with Gasteiger partial charge in [-0.3, -0.25) is 0 Å². The third-order valence-electron chi connectivity index (χ3n) is 3.56. The van der Waals surface area contributed by atoms with Gasteiger partial charge in [0, 0.05) is 5.02 Å². The van der Waals surface area contributed by atoms with Crippen molar-refractivity contribution >= 4 is 11.6 Å².